The molecular weight excluding hydrogens is 574 g/mol. The maximum absolute atomic E-state index is 13.4. The number of ether oxygens (including phenoxy) is 1. The molecule has 2 aromatic heterocycles. The van der Waals surface area contributed by atoms with Crippen molar-refractivity contribution in [3.05, 3.63) is 76.8 Å². The third-order valence-electron chi connectivity index (χ3n) is 8.42. The standard InChI is InChI=1S/C35H42BrN3O2/c1-3-4-5-6-7-8-9-10-11-12-13-14-19-31(40)41-35(2)29-18-16-15-17-27(29)32-28-24-26(36)20-21-30(28)38-34(33(32)35)39-23-22-37-25-39/h15-18,20-25H,3-14,19H2,1-2H3. The Labute approximate surface area is 252 Å². The number of unbranched alkanes of at least 4 members (excludes halogenated alkanes) is 11. The fourth-order valence-electron chi connectivity index (χ4n) is 6.27. The molecule has 0 bridgehead atoms. The normalized spacial score (nSPS) is 15.7. The van der Waals surface area contributed by atoms with Gasteiger partial charge in [0.1, 0.15) is 12.1 Å². The number of fused-ring (bicyclic) bond motifs is 5. The van der Waals surface area contributed by atoms with Crippen LogP contribution in [0.5, 0.6) is 0 Å². The van der Waals surface area contributed by atoms with Crippen molar-refractivity contribution in [3.8, 4) is 16.9 Å². The molecule has 5 nitrogen and oxygen atoms in total. The number of esters is 1. The summed E-state index contributed by atoms with van der Waals surface area (Å²) in [5.41, 5.74) is 3.98. The number of hydrogen-bond acceptors (Lipinski definition) is 4. The van der Waals surface area contributed by atoms with Gasteiger partial charge in [-0.3, -0.25) is 9.36 Å². The second-order valence-corrected chi connectivity index (χ2v) is 12.4. The minimum Gasteiger partial charge on any atom is -0.449 e. The van der Waals surface area contributed by atoms with Crippen LogP contribution in [0.15, 0.2) is 65.7 Å². The maximum Gasteiger partial charge on any atom is 0.307 e. The predicted molar refractivity (Wildman–Crippen MR) is 170 cm³/mol. The van der Waals surface area contributed by atoms with E-state index in [1.807, 2.05) is 42.0 Å². The highest BCUT2D eigenvalue weighted by Gasteiger charge is 2.46. The second kappa shape index (κ2) is 13.8. The van der Waals surface area contributed by atoms with E-state index in [4.69, 9.17) is 9.72 Å². The highest BCUT2D eigenvalue weighted by atomic mass is 79.9. The summed E-state index contributed by atoms with van der Waals surface area (Å²) < 4.78 is 9.35. The summed E-state index contributed by atoms with van der Waals surface area (Å²) in [6, 6.07) is 14.4. The van der Waals surface area contributed by atoms with Gasteiger partial charge in [0.2, 0.25) is 0 Å². The quantitative estimate of drug-likeness (QED) is 0.0985. The smallest absolute Gasteiger partial charge is 0.307 e. The molecule has 0 saturated heterocycles. The van der Waals surface area contributed by atoms with Gasteiger partial charge in [-0.05, 0) is 37.1 Å². The summed E-state index contributed by atoms with van der Waals surface area (Å²) >= 11 is 3.65. The molecule has 1 aliphatic rings. The van der Waals surface area contributed by atoms with Crippen molar-refractivity contribution in [2.24, 2.45) is 0 Å². The number of nitrogens with zero attached hydrogens (tertiary/aromatic N) is 3. The lowest BCUT2D eigenvalue weighted by molar-refractivity contribution is -0.155. The largest absolute Gasteiger partial charge is 0.449 e. The molecule has 1 atom stereocenters. The number of carbonyl (C=O) groups is 1. The first-order chi connectivity index (χ1) is 20.0. The van der Waals surface area contributed by atoms with Crippen LogP contribution in [0.3, 0.4) is 0 Å². The van der Waals surface area contributed by atoms with E-state index in [9.17, 15) is 4.79 Å². The van der Waals surface area contributed by atoms with E-state index in [0.717, 1.165) is 56.3 Å². The highest BCUT2D eigenvalue weighted by Crippen LogP contribution is 2.54. The van der Waals surface area contributed by atoms with Crippen LogP contribution in [0.4, 0.5) is 0 Å². The molecule has 1 aliphatic carbocycles. The van der Waals surface area contributed by atoms with Crippen molar-refractivity contribution < 1.29 is 9.53 Å². The van der Waals surface area contributed by atoms with Gasteiger partial charge in [0.15, 0.2) is 5.60 Å². The summed E-state index contributed by atoms with van der Waals surface area (Å²) in [5.74, 6) is 0.581. The van der Waals surface area contributed by atoms with Gasteiger partial charge in [-0.2, -0.15) is 0 Å². The average Bonchev–Trinajstić information content (AvgIpc) is 3.60. The summed E-state index contributed by atoms with van der Waals surface area (Å²) in [4.78, 5) is 22.7. The third kappa shape index (κ3) is 6.58. The molecule has 2 aromatic carbocycles. The SMILES string of the molecule is CCCCCCCCCCCCCCC(=O)OC1(C)c2ccccc2-c2c1c(-n1ccnc1)nc1ccc(Br)cc21. The van der Waals surface area contributed by atoms with E-state index in [-0.39, 0.29) is 5.97 Å². The Balaban J connectivity index is 1.27. The van der Waals surface area contributed by atoms with Crippen LogP contribution >= 0.6 is 15.9 Å². The van der Waals surface area contributed by atoms with Crippen molar-refractivity contribution in [1.29, 1.82) is 0 Å². The van der Waals surface area contributed by atoms with Gasteiger partial charge in [0.05, 0.1) is 11.1 Å². The Morgan fingerprint density at radius 3 is 2.29 bits per heavy atom. The number of halogens is 1. The van der Waals surface area contributed by atoms with Crippen LogP contribution < -0.4 is 0 Å². The van der Waals surface area contributed by atoms with Gasteiger partial charge < -0.3 is 4.74 Å². The molecule has 5 rings (SSSR count). The molecule has 0 amide bonds. The minimum atomic E-state index is -0.955. The van der Waals surface area contributed by atoms with E-state index >= 15 is 0 Å². The van der Waals surface area contributed by atoms with Crippen LogP contribution in [-0.2, 0) is 15.1 Å². The number of rotatable bonds is 15. The molecule has 41 heavy (non-hydrogen) atoms. The molecule has 0 fully saturated rings. The number of imidazole rings is 1. The van der Waals surface area contributed by atoms with Crippen LogP contribution in [0.25, 0.3) is 27.8 Å². The zero-order valence-corrected chi connectivity index (χ0v) is 26.1. The lowest BCUT2D eigenvalue weighted by atomic mass is 9.92. The van der Waals surface area contributed by atoms with Crippen LogP contribution in [0.1, 0.15) is 108 Å². The Bertz CT molecular complexity index is 1470. The molecule has 0 aliphatic heterocycles. The number of pyridine rings is 1. The Kier molecular flexibility index (Phi) is 9.92. The second-order valence-electron chi connectivity index (χ2n) is 11.5. The van der Waals surface area contributed by atoms with Gasteiger partial charge in [-0.25, -0.2) is 9.97 Å². The van der Waals surface area contributed by atoms with Crippen LogP contribution in [0.2, 0.25) is 0 Å². The van der Waals surface area contributed by atoms with Gasteiger partial charge in [-0.1, -0.05) is 118 Å². The van der Waals surface area contributed by atoms with Gasteiger partial charge in [0.25, 0.3) is 0 Å². The Morgan fingerprint density at radius 1 is 0.927 bits per heavy atom. The highest BCUT2D eigenvalue weighted by molar-refractivity contribution is 9.10. The van der Waals surface area contributed by atoms with Gasteiger partial charge in [-0.15, -0.1) is 0 Å². The molecule has 0 saturated carbocycles. The van der Waals surface area contributed by atoms with Crippen molar-refractivity contribution >= 4 is 32.8 Å². The molecule has 4 aromatic rings. The van der Waals surface area contributed by atoms with E-state index in [1.54, 1.807) is 12.5 Å². The fourth-order valence-corrected chi connectivity index (χ4v) is 6.63. The summed E-state index contributed by atoms with van der Waals surface area (Å²) in [5, 5.41) is 1.03. The van der Waals surface area contributed by atoms with Gasteiger partial charge in [0, 0.05) is 39.8 Å². The van der Waals surface area contributed by atoms with E-state index in [0.29, 0.717) is 6.42 Å². The maximum atomic E-state index is 13.4. The molecule has 1 unspecified atom stereocenters. The van der Waals surface area contributed by atoms with E-state index < -0.39 is 5.60 Å². The number of aromatic nitrogens is 3. The Morgan fingerprint density at radius 2 is 1.61 bits per heavy atom. The number of carbonyl (C=O) groups excluding carboxylic acids is 1. The summed E-state index contributed by atoms with van der Waals surface area (Å²) in [6.07, 6.45) is 21.0. The first-order valence-electron chi connectivity index (χ1n) is 15.5. The zero-order valence-electron chi connectivity index (χ0n) is 24.5. The van der Waals surface area contributed by atoms with Crippen LogP contribution in [0, 0.1) is 0 Å². The van der Waals surface area contributed by atoms with E-state index in [1.165, 1.54) is 64.2 Å². The first-order valence-corrected chi connectivity index (χ1v) is 16.3. The lowest BCUT2D eigenvalue weighted by Crippen LogP contribution is -2.30. The molecule has 2 heterocycles. The Hall–Kier alpha value is -2.99. The summed E-state index contributed by atoms with van der Waals surface area (Å²) in [6.45, 7) is 4.29. The van der Waals surface area contributed by atoms with Crippen molar-refractivity contribution in [3.63, 3.8) is 0 Å². The zero-order chi connectivity index (χ0) is 28.7. The monoisotopic (exact) mass is 615 g/mol. The lowest BCUT2D eigenvalue weighted by Gasteiger charge is -2.29. The average molecular weight is 617 g/mol. The predicted octanol–water partition coefficient (Wildman–Crippen LogP) is 10.1. The van der Waals surface area contributed by atoms with Crippen molar-refractivity contribution in [2.75, 3.05) is 0 Å². The molecule has 0 radical (unpaired) electrons. The first kappa shape index (κ1) is 29.5. The number of hydrogen-bond donors (Lipinski definition) is 0. The van der Waals surface area contributed by atoms with Crippen molar-refractivity contribution in [2.45, 2.75) is 103 Å². The number of benzene rings is 2. The third-order valence-corrected chi connectivity index (χ3v) is 8.91. The minimum absolute atomic E-state index is 0.159. The molecule has 216 valence electrons. The molecular formula is C35H42BrN3O2. The summed E-state index contributed by atoms with van der Waals surface area (Å²) in [7, 11) is 0. The fraction of sp³-hybridized carbons (Fsp3) is 0.457. The van der Waals surface area contributed by atoms with Crippen molar-refractivity contribution in [1.82, 2.24) is 14.5 Å². The molecule has 0 N–H and O–H groups in total. The topological polar surface area (TPSA) is 57.0 Å². The van der Waals surface area contributed by atoms with Gasteiger partial charge >= 0.3 is 5.97 Å². The van der Waals surface area contributed by atoms with Crippen LogP contribution in [-0.4, -0.2) is 20.5 Å². The van der Waals surface area contributed by atoms with E-state index in [2.05, 4.69) is 46.0 Å². The molecule has 0 spiro atoms. The molecule has 6 heteroatoms.